The molecule has 1 unspecified atom stereocenters. The molecule has 116 valence electrons. The van der Waals surface area contributed by atoms with Crippen LogP contribution < -0.4 is 40.3 Å². The summed E-state index contributed by atoms with van der Waals surface area (Å²) in [6.07, 6.45) is 2.44. The van der Waals surface area contributed by atoms with E-state index in [-0.39, 0.29) is 36.0 Å². The van der Waals surface area contributed by atoms with Gasteiger partial charge in [0.15, 0.2) is 5.66 Å². The Morgan fingerprint density at radius 1 is 1.16 bits per heavy atom. The van der Waals surface area contributed by atoms with Gasteiger partial charge in [0, 0.05) is 19.8 Å². The summed E-state index contributed by atoms with van der Waals surface area (Å²) >= 11 is 5.40. The number of quaternary nitrogens is 2. The van der Waals surface area contributed by atoms with Gasteiger partial charge in [0.2, 0.25) is 0 Å². The maximum atomic E-state index is 5.40. The first kappa shape index (κ1) is 21.7. The molecule has 4 N–H and O–H groups in total. The Labute approximate surface area is 136 Å². The van der Waals surface area contributed by atoms with Gasteiger partial charge in [-0.3, -0.25) is 0 Å². The minimum absolute atomic E-state index is 0. The summed E-state index contributed by atoms with van der Waals surface area (Å²) in [5.74, 6) is 0. The van der Waals surface area contributed by atoms with E-state index >= 15 is 0 Å². The van der Waals surface area contributed by atoms with Crippen molar-refractivity contribution in [1.82, 2.24) is 5.32 Å². The molecule has 0 aliphatic carbocycles. The highest BCUT2D eigenvalue weighted by Gasteiger charge is 2.46. The lowest BCUT2D eigenvalue weighted by Gasteiger charge is -2.24. The third-order valence-electron chi connectivity index (χ3n) is 3.89. The van der Waals surface area contributed by atoms with Gasteiger partial charge in [-0.2, -0.15) is 0 Å². The van der Waals surface area contributed by atoms with Gasteiger partial charge in [-0.05, 0) is 27.7 Å². The quantitative estimate of drug-likeness (QED) is 0.424. The second kappa shape index (κ2) is 8.63. The van der Waals surface area contributed by atoms with Gasteiger partial charge in [0.25, 0.3) is 0 Å². The Morgan fingerprint density at radius 3 is 2.05 bits per heavy atom. The summed E-state index contributed by atoms with van der Waals surface area (Å²) in [7, 11) is 0. The van der Waals surface area contributed by atoms with Gasteiger partial charge in [0.1, 0.15) is 10.5 Å². The zero-order chi connectivity index (χ0) is 13.1. The van der Waals surface area contributed by atoms with Crippen LogP contribution in [0.1, 0.15) is 47.5 Å². The van der Waals surface area contributed by atoms with Crippen LogP contribution in [0.15, 0.2) is 0 Å². The largest absolute Gasteiger partial charge is 1.00 e. The molecule has 0 amide bonds. The lowest BCUT2D eigenvalue weighted by molar-refractivity contribution is -0.897. The van der Waals surface area contributed by atoms with Gasteiger partial charge in [-0.15, -0.1) is 0 Å². The molecule has 1 atom stereocenters. The van der Waals surface area contributed by atoms with E-state index in [0.717, 1.165) is 4.99 Å². The summed E-state index contributed by atoms with van der Waals surface area (Å²) in [5.41, 5.74) is 0.166. The van der Waals surface area contributed by atoms with Crippen molar-refractivity contribution in [3.05, 3.63) is 0 Å². The lowest BCUT2D eigenvalue weighted by Crippen LogP contribution is -3.11. The van der Waals surface area contributed by atoms with Crippen molar-refractivity contribution < 1.29 is 35.0 Å². The molecule has 0 bridgehead atoms. The second-order valence-corrected chi connectivity index (χ2v) is 6.46. The lowest BCUT2D eigenvalue weighted by atomic mass is 10.0. The van der Waals surface area contributed by atoms with E-state index in [9.17, 15) is 0 Å². The molecular formula is C13H29Cl2N3S. The average molecular weight is 330 g/mol. The van der Waals surface area contributed by atoms with Crippen LogP contribution >= 0.6 is 12.2 Å². The summed E-state index contributed by atoms with van der Waals surface area (Å²) in [6.45, 7) is 14.9. The SMILES string of the molecule is CC[NH+](CC)CCCC1(C)NC(=S)C(C)(C)[NH2+]1.[Cl-].[Cl-]. The number of hydrogen-bond donors (Lipinski definition) is 3. The van der Waals surface area contributed by atoms with Crippen molar-refractivity contribution in [2.24, 2.45) is 0 Å². The zero-order valence-electron chi connectivity index (χ0n) is 12.8. The molecule has 3 nitrogen and oxygen atoms in total. The molecule has 1 heterocycles. The van der Waals surface area contributed by atoms with Crippen LogP contribution in [0.4, 0.5) is 0 Å². The first-order chi connectivity index (χ1) is 7.83. The van der Waals surface area contributed by atoms with Gasteiger partial charge in [-0.1, -0.05) is 12.2 Å². The summed E-state index contributed by atoms with van der Waals surface area (Å²) < 4.78 is 0. The highest BCUT2D eigenvalue weighted by molar-refractivity contribution is 7.80. The van der Waals surface area contributed by atoms with Crippen molar-refractivity contribution >= 4 is 17.2 Å². The summed E-state index contributed by atoms with van der Waals surface area (Å²) in [4.78, 5) is 2.68. The third kappa shape index (κ3) is 6.13. The first-order valence-electron chi connectivity index (χ1n) is 6.86. The van der Waals surface area contributed by atoms with Crippen LogP contribution in [-0.2, 0) is 0 Å². The van der Waals surface area contributed by atoms with E-state index in [4.69, 9.17) is 12.2 Å². The van der Waals surface area contributed by atoms with Crippen LogP contribution in [0.2, 0.25) is 0 Å². The number of halogens is 2. The van der Waals surface area contributed by atoms with E-state index in [0.29, 0.717) is 0 Å². The van der Waals surface area contributed by atoms with E-state index in [1.54, 1.807) is 4.90 Å². The number of rotatable bonds is 6. The Balaban J connectivity index is 0. The molecule has 0 saturated carbocycles. The topological polar surface area (TPSA) is 33.1 Å². The van der Waals surface area contributed by atoms with Crippen LogP contribution in [0, 0.1) is 0 Å². The molecule has 1 saturated heterocycles. The van der Waals surface area contributed by atoms with Crippen molar-refractivity contribution in [2.45, 2.75) is 58.7 Å². The summed E-state index contributed by atoms with van der Waals surface area (Å²) in [6, 6.07) is 0. The molecular weight excluding hydrogens is 301 g/mol. The molecule has 0 aromatic heterocycles. The molecule has 1 fully saturated rings. The number of nitrogens with one attached hydrogen (secondary N) is 2. The minimum Gasteiger partial charge on any atom is -1.00 e. The molecule has 19 heavy (non-hydrogen) atoms. The fourth-order valence-electron chi connectivity index (χ4n) is 2.76. The Morgan fingerprint density at radius 2 is 1.68 bits per heavy atom. The number of nitrogens with two attached hydrogens (primary N) is 1. The zero-order valence-corrected chi connectivity index (χ0v) is 15.1. The van der Waals surface area contributed by atoms with Gasteiger partial charge in [-0.25, -0.2) is 0 Å². The Bertz CT molecular complexity index is 283. The predicted octanol–water partition coefficient (Wildman–Crippen LogP) is -6.31. The van der Waals surface area contributed by atoms with E-state index in [1.165, 1.54) is 32.5 Å². The summed E-state index contributed by atoms with van der Waals surface area (Å²) in [5, 5.41) is 5.89. The predicted molar refractivity (Wildman–Crippen MR) is 76.3 cm³/mol. The monoisotopic (exact) mass is 329 g/mol. The van der Waals surface area contributed by atoms with Gasteiger partial charge >= 0.3 is 0 Å². The van der Waals surface area contributed by atoms with Crippen LogP contribution in [0.5, 0.6) is 0 Å². The third-order valence-corrected chi connectivity index (χ3v) is 4.52. The highest BCUT2D eigenvalue weighted by atomic mass is 35.5. The van der Waals surface area contributed by atoms with Crippen LogP contribution in [-0.4, -0.2) is 35.8 Å². The van der Waals surface area contributed by atoms with E-state index in [2.05, 4.69) is 45.3 Å². The fourth-order valence-corrected chi connectivity index (χ4v) is 3.05. The number of thiocarbonyl (C=S) groups is 1. The number of hydrogen-bond acceptors (Lipinski definition) is 1. The van der Waals surface area contributed by atoms with Crippen molar-refractivity contribution in [1.29, 1.82) is 0 Å². The van der Waals surface area contributed by atoms with Crippen LogP contribution in [0.3, 0.4) is 0 Å². The molecule has 1 aliphatic heterocycles. The molecule has 0 aromatic rings. The van der Waals surface area contributed by atoms with Crippen molar-refractivity contribution in [3.8, 4) is 0 Å². The van der Waals surface area contributed by atoms with Crippen molar-refractivity contribution in [2.75, 3.05) is 19.6 Å². The van der Waals surface area contributed by atoms with Crippen molar-refractivity contribution in [3.63, 3.8) is 0 Å². The Hall–Kier alpha value is 0.390. The Kier molecular flexibility index (Phi) is 9.85. The van der Waals surface area contributed by atoms with E-state index < -0.39 is 0 Å². The average Bonchev–Trinajstić information content (AvgIpc) is 2.43. The fraction of sp³-hybridized carbons (Fsp3) is 0.923. The molecule has 1 rings (SSSR count). The molecule has 0 aromatic carbocycles. The molecule has 1 aliphatic rings. The minimum atomic E-state index is 0. The standard InChI is InChI=1S/C13H27N3S.2ClH/c1-6-16(7-2)10-8-9-13(5)14-11(17)12(3,4)15-13;;/h15H,6-10H2,1-5H3,(H,14,17);2*1H. The van der Waals surface area contributed by atoms with Gasteiger partial charge in [0.05, 0.1) is 19.6 Å². The van der Waals surface area contributed by atoms with E-state index in [1.807, 2.05) is 0 Å². The maximum Gasteiger partial charge on any atom is 0.167 e. The molecule has 0 spiro atoms. The smallest absolute Gasteiger partial charge is 0.167 e. The normalized spacial score (nSPS) is 24.6. The second-order valence-electron chi connectivity index (χ2n) is 6.05. The first-order valence-corrected chi connectivity index (χ1v) is 7.27. The molecule has 0 radical (unpaired) electrons. The maximum absolute atomic E-state index is 5.40. The highest BCUT2D eigenvalue weighted by Crippen LogP contribution is 2.14. The van der Waals surface area contributed by atoms with Crippen LogP contribution in [0.25, 0.3) is 0 Å². The molecule has 6 heteroatoms. The van der Waals surface area contributed by atoms with Gasteiger partial charge < -0.3 is 40.3 Å².